The predicted molar refractivity (Wildman–Crippen MR) is 98.6 cm³/mol. The van der Waals surface area contributed by atoms with E-state index in [1.54, 1.807) is 62.5 Å². The molecule has 1 atom stereocenters. The molecule has 27 heavy (non-hydrogen) atoms. The van der Waals surface area contributed by atoms with Crippen LogP contribution in [0.25, 0.3) is 0 Å². The summed E-state index contributed by atoms with van der Waals surface area (Å²) in [6.45, 7) is 1.22. The number of benzene rings is 2. The molecule has 1 heterocycles. The smallest absolute Gasteiger partial charge is 0.319 e. The van der Waals surface area contributed by atoms with Crippen molar-refractivity contribution in [3.8, 4) is 6.07 Å². The van der Waals surface area contributed by atoms with Crippen molar-refractivity contribution in [1.82, 2.24) is 10.2 Å². The first-order chi connectivity index (χ1) is 12.9. The minimum Gasteiger partial charge on any atom is -0.319 e. The van der Waals surface area contributed by atoms with Crippen molar-refractivity contribution >= 4 is 23.5 Å². The first-order valence-electron chi connectivity index (χ1n) is 8.33. The van der Waals surface area contributed by atoms with E-state index >= 15 is 0 Å². The second kappa shape index (κ2) is 6.92. The molecule has 0 radical (unpaired) electrons. The summed E-state index contributed by atoms with van der Waals surface area (Å²) < 4.78 is 0. The summed E-state index contributed by atoms with van der Waals surface area (Å²) >= 11 is 0. The molecule has 3 rings (SSSR count). The number of rotatable bonds is 4. The highest BCUT2D eigenvalue weighted by molar-refractivity contribution is 6.10. The minimum absolute atomic E-state index is 0.359. The van der Waals surface area contributed by atoms with E-state index in [4.69, 9.17) is 5.26 Å². The summed E-state index contributed by atoms with van der Waals surface area (Å²) in [4.78, 5) is 40.1. The third-order valence-corrected chi connectivity index (χ3v) is 4.68. The Balaban J connectivity index is 1.79. The fraction of sp³-hybridized carbons (Fsp3) is 0.200. The van der Waals surface area contributed by atoms with E-state index < -0.39 is 17.5 Å². The molecule has 1 N–H and O–H groups in total. The van der Waals surface area contributed by atoms with Crippen LogP contribution < -0.4 is 10.2 Å². The Morgan fingerprint density at radius 1 is 1.15 bits per heavy atom. The van der Waals surface area contributed by atoms with Crippen LogP contribution in [0.15, 0.2) is 54.6 Å². The number of nitrogens with one attached hydrogen (secondary N) is 1. The fourth-order valence-corrected chi connectivity index (χ4v) is 2.95. The minimum atomic E-state index is -1.28. The summed E-state index contributed by atoms with van der Waals surface area (Å²) in [6.07, 6.45) is 0. The van der Waals surface area contributed by atoms with Crippen LogP contribution >= 0.6 is 0 Å². The molecule has 0 aromatic heterocycles. The van der Waals surface area contributed by atoms with Crippen LogP contribution in [0.4, 0.5) is 10.5 Å². The number of anilines is 1. The lowest BCUT2D eigenvalue weighted by Gasteiger charge is -2.23. The largest absolute Gasteiger partial charge is 0.325 e. The van der Waals surface area contributed by atoms with Crippen LogP contribution in [-0.2, 0) is 15.1 Å². The second-order valence-electron chi connectivity index (χ2n) is 6.42. The van der Waals surface area contributed by atoms with Crippen molar-refractivity contribution in [2.24, 2.45) is 0 Å². The molecule has 4 amide bonds. The Labute approximate surface area is 156 Å². The maximum Gasteiger partial charge on any atom is 0.325 e. The Morgan fingerprint density at radius 2 is 1.78 bits per heavy atom. The van der Waals surface area contributed by atoms with Gasteiger partial charge in [-0.2, -0.15) is 5.26 Å². The fourth-order valence-electron chi connectivity index (χ4n) is 2.95. The molecule has 1 aliphatic heterocycles. The number of carbonyl (C=O) groups is 3. The van der Waals surface area contributed by atoms with Gasteiger partial charge in [0.15, 0.2) is 0 Å². The van der Waals surface area contributed by atoms with Gasteiger partial charge in [-0.05, 0) is 36.8 Å². The molecule has 2 aromatic rings. The predicted octanol–water partition coefficient (Wildman–Crippen LogP) is 1.99. The van der Waals surface area contributed by atoms with Gasteiger partial charge in [0.05, 0.1) is 11.6 Å². The van der Waals surface area contributed by atoms with Gasteiger partial charge in [-0.15, -0.1) is 0 Å². The van der Waals surface area contributed by atoms with E-state index in [0.717, 1.165) is 4.90 Å². The molecule has 1 fully saturated rings. The van der Waals surface area contributed by atoms with E-state index in [1.807, 2.05) is 12.1 Å². The number of hydrogen-bond donors (Lipinski definition) is 1. The molecular weight excluding hydrogens is 344 g/mol. The van der Waals surface area contributed by atoms with Gasteiger partial charge in [0.2, 0.25) is 5.91 Å². The zero-order valence-electron chi connectivity index (χ0n) is 15.0. The first kappa shape index (κ1) is 18.1. The molecule has 136 valence electrons. The van der Waals surface area contributed by atoms with Crippen molar-refractivity contribution in [2.45, 2.75) is 12.5 Å². The van der Waals surface area contributed by atoms with Gasteiger partial charge in [-0.1, -0.05) is 30.3 Å². The van der Waals surface area contributed by atoms with Crippen LogP contribution in [0.5, 0.6) is 0 Å². The van der Waals surface area contributed by atoms with Crippen molar-refractivity contribution in [3.63, 3.8) is 0 Å². The van der Waals surface area contributed by atoms with Crippen LogP contribution in [0, 0.1) is 11.3 Å². The normalized spacial score (nSPS) is 18.8. The lowest BCUT2D eigenvalue weighted by atomic mass is 9.91. The molecule has 1 aliphatic rings. The topological polar surface area (TPSA) is 93.5 Å². The van der Waals surface area contributed by atoms with Crippen molar-refractivity contribution in [1.29, 1.82) is 5.26 Å². The lowest BCUT2D eigenvalue weighted by Crippen LogP contribution is -2.43. The molecular formula is C20H18N4O3. The first-order valence-corrected chi connectivity index (χ1v) is 8.33. The highest BCUT2D eigenvalue weighted by atomic mass is 16.2. The molecule has 2 aromatic carbocycles. The average molecular weight is 362 g/mol. The molecule has 0 aliphatic carbocycles. The molecule has 1 saturated heterocycles. The zero-order valence-corrected chi connectivity index (χ0v) is 15.0. The summed E-state index contributed by atoms with van der Waals surface area (Å²) in [5.41, 5.74) is 0.391. The van der Waals surface area contributed by atoms with Gasteiger partial charge in [0.25, 0.3) is 5.91 Å². The van der Waals surface area contributed by atoms with Gasteiger partial charge in [-0.3, -0.25) is 14.5 Å². The Bertz CT molecular complexity index is 934. The third-order valence-electron chi connectivity index (χ3n) is 4.68. The zero-order chi connectivity index (χ0) is 19.6. The summed E-state index contributed by atoms with van der Waals surface area (Å²) in [6, 6.07) is 16.8. The van der Waals surface area contributed by atoms with E-state index in [0.29, 0.717) is 16.8 Å². The maximum absolute atomic E-state index is 12.9. The molecule has 0 spiro atoms. The van der Waals surface area contributed by atoms with Crippen LogP contribution in [0.2, 0.25) is 0 Å². The molecule has 0 saturated carbocycles. The average Bonchev–Trinajstić information content (AvgIpc) is 2.92. The van der Waals surface area contributed by atoms with Crippen LogP contribution in [0.3, 0.4) is 0 Å². The van der Waals surface area contributed by atoms with Crippen molar-refractivity contribution < 1.29 is 14.4 Å². The van der Waals surface area contributed by atoms with E-state index in [2.05, 4.69) is 5.32 Å². The monoisotopic (exact) mass is 362 g/mol. The van der Waals surface area contributed by atoms with Crippen molar-refractivity contribution in [2.75, 3.05) is 18.5 Å². The summed E-state index contributed by atoms with van der Waals surface area (Å²) in [5.74, 6) is -0.888. The maximum atomic E-state index is 12.9. The molecule has 1 unspecified atom stereocenters. The summed E-state index contributed by atoms with van der Waals surface area (Å²) in [5, 5.41) is 11.6. The second-order valence-corrected chi connectivity index (χ2v) is 6.42. The van der Waals surface area contributed by atoms with Gasteiger partial charge in [-0.25, -0.2) is 4.79 Å². The van der Waals surface area contributed by atoms with Crippen molar-refractivity contribution in [3.05, 3.63) is 65.7 Å². The Kier molecular flexibility index (Phi) is 4.65. The Morgan fingerprint density at radius 3 is 2.37 bits per heavy atom. The van der Waals surface area contributed by atoms with E-state index in [-0.39, 0.29) is 12.5 Å². The van der Waals surface area contributed by atoms with Crippen LogP contribution in [-0.4, -0.2) is 36.3 Å². The number of imide groups is 1. The van der Waals surface area contributed by atoms with Gasteiger partial charge < -0.3 is 10.2 Å². The molecule has 7 nitrogen and oxygen atoms in total. The highest BCUT2D eigenvalue weighted by Crippen LogP contribution is 2.29. The van der Waals surface area contributed by atoms with Gasteiger partial charge in [0, 0.05) is 12.7 Å². The Hall–Kier alpha value is -3.66. The number of likely N-dealkylation sites (N-methyl/N-ethyl adjacent to an activating group) is 1. The van der Waals surface area contributed by atoms with Gasteiger partial charge in [0.1, 0.15) is 12.1 Å². The van der Waals surface area contributed by atoms with E-state index in [9.17, 15) is 14.4 Å². The number of para-hydroxylation sites is 1. The quantitative estimate of drug-likeness (QED) is 0.842. The number of nitriles is 1. The number of hydrogen-bond acceptors (Lipinski definition) is 4. The van der Waals surface area contributed by atoms with Gasteiger partial charge >= 0.3 is 6.03 Å². The number of urea groups is 1. The molecule has 0 bridgehead atoms. The molecule has 7 heteroatoms. The third kappa shape index (κ3) is 3.25. The standard InChI is InChI=1S/C20H18N4O3/c1-20(15-10-8-14(12-21)9-11-15)18(26)24(19(27)22-20)13-17(25)23(2)16-6-4-3-5-7-16/h3-11H,13H2,1-2H3,(H,22,27). The highest BCUT2D eigenvalue weighted by Gasteiger charge is 2.49. The SMILES string of the molecule is CN(C(=O)CN1C(=O)NC(C)(c2ccc(C#N)cc2)C1=O)c1ccccc1. The number of amides is 4. The number of carbonyl (C=O) groups excluding carboxylic acids is 3. The number of nitrogens with zero attached hydrogens (tertiary/aromatic N) is 3. The van der Waals surface area contributed by atoms with Crippen LogP contribution in [0.1, 0.15) is 18.1 Å². The lowest BCUT2D eigenvalue weighted by molar-refractivity contribution is -0.134. The summed E-state index contributed by atoms with van der Waals surface area (Å²) in [7, 11) is 1.59. The van der Waals surface area contributed by atoms with E-state index in [1.165, 1.54) is 4.90 Å².